The zero-order valence-corrected chi connectivity index (χ0v) is 13.9. The molecular formula is C19H34O. The molecule has 4 atom stereocenters. The van der Waals surface area contributed by atoms with E-state index in [1.165, 1.54) is 51.4 Å². The summed E-state index contributed by atoms with van der Waals surface area (Å²) in [7, 11) is 0. The minimum absolute atomic E-state index is 0.511. The van der Waals surface area contributed by atoms with Crippen LogP contribution in [0.3, 0.4) is 0 Å². The van der Waals surface area contributed by atoms with Crippen LogP contribution in [-0.4, -0.2) is 5.78 Å². The average molecular weight is 278 g/mol. The van der Waals surface area contributed by atoms with E-state index in [2.05, 4.69) is 20.8 Å². The topological polar surface area (TPSA) is 17.1 Å². The lowest BCUT2D eigenvalue weighted by atomic mass is 9.65. The van der Waals surface area contributed by atoms with Crippen LogP contribution in [-0.2, 0) is 4.79 Å². The quantitative estimate of drug-likeness (QED) is 0.637. The minimum Gasteiger partial charge on any atom is -0.300 e. The Bertz CT molecular complexity index is 299. The lowest BCUT2D eigenvalue weighted by molar-refractivity contribution is -0.121. The molecule has 0 amide bonds. The van der Waals surface area contributed by atoms with Gasteiger partial charge in [-0.2, -0.15) is 0 Å². The highest BCUT2D eigenvalue weighted by atomic mass is 16.1. The summed E-state index contributed by atoms with van der Waals surface area (Å²) in [4.78, 5) is 11.4. The van der Waals surface area contributed by atoms with Crippen LogP contribution in [0.4, 0.5) is 0 Å². The molecule has 2 aliphatic rings. The molecule has 2 rings (SSSR count). The third-order valence-electron chi connectivity index (χ3n) is 6.13. The Morgan fingerprint density at radius 3 is 2.40 bits per heavy atom. The van der Waals surface area contributed by atoms with Gasteiger partial charge in [-0.05, 0) is 68.1 Å². The smallest absolute Gasteiger partial charge is 0.132 e. The number of carbonyl (C=O) groups is 1. The molecule has 0 bridgehead atoms. The van der Waals surface area contributed by atoms with Crippen LogP contribution in [0.1, 0.15) is 85.0 Å². The molecule has 0 spiro atoms. The molecule has 0 aliphatic heterocycles. The normalized spacial score (nSPS) is 34.1. The lowest BCUT2D eigenvalue weighted by Crippen LogP contribution is -2.30. The fourth-order valence-electron chi connectivity index (χ4n) is 4.84. The maximum absolute atomic E-state index is 11.4. The van der Waals surface area contributed by atoms with Crippen LogP contribution in [0.5, 0.6) is 0 Å². The van der Waals surface area contributed by atoms with E-state index < -0.39 is 0 Å². The second-order valence-electron chi connectivity index (χ2n) is 7.82. The van der Waals surface area contributed by atoms with Crippen molar-refractivity contribution in [2.24, 2.45) is 29.6 Å². The predicted octanol–water partition coefficient (Wildman–Crippen LogP) is 5.62. The first-order valence-corrected chi connectivity index (χ1v) is 9.11. The maximum Gasteiger partial charge on any atom is 0.132 e. The first kappa shape index (κ1) is 16.0. The molecule has 20 heavy (non-hydrogen) atoms. The van der Waals surface area contributed by atoms with Crippen LogP contribution in [0.2, 0.25) is 0 Å². The average Bonchev–Trinajstić information content (AvgIpc) is 2.42. The van der Waals surface area contributed by atoms with Crippen molar-refractivity contribution in [2.75, 3.05) is 0 Å². The molecule has 0 heterocycles. The summed E-state index contributed by atoms with van der Waals surface area (Å²) >= 11 is 0. The van der Waals surface area contributed by atoms with E-state index in [1.54, 1.807) is 0 Å². The van der Waals surface area contributed by atoms with Crippen LogP contribution in [0.15, 0.2) is 0 Å². The van der Waals surface area contributed by atoms with Crippen molar-refractivity contribution in [3.63, 3.8) is 0 Å². The molecule has 2 aliphatic carbocycles. The molecule has 0 aromatic rings. The zero-order valence-electron chi connectivity index (χ0n) is 13.9. The molecular weight excluding hydrogens is 244 g/mol. The van der Waals surface area contributed by atoms with Crippen LogP contribution in [0, 0.1) is 29.6 Å². The third kappa shape index (κ3) is 4.33. The van der Waals surface area contributed by atoms with Crippen LogP contribution >= 0.6 is 0 Å². The molecule has 0 aromatic heterocycles. The monoisotopic (exact) mass is 278 g/mol. The third-order valence-corrected chi connectivity index (χ3v) is 6.13. The van der Waals surface area contributed by atoms with E-state index in [9.17, 15) is 4.79 Å². The molecule has 116 valence electrons. The van der Waals surface area contributed by atoms with Crippen molar-refractivity contribution in [3.8, 4) is 0 Å². The van der Waals surface area contributed by atoms with Gasteiger partial charge in [0.25, 0.3) is 0 Å². The Labute approximate surface area is 125 Å². The first-order chi connectivity index (χ1) is 9.60. The van der Waals surface area contributed by atoms with E-state index in [-0.39, 0.29) is 0 Å². The zero-order chi connectivity index (χ0) is 14.5. The number of Topliss-reactive ketones (excluding diaryl/α,β-unsaturated/α-hetero) is 1. The number of carbonyl (C=O) groups excluding carboxylic acids is 1. The number of hydrogen-bond donors (Lipinski definition) is 0. The summed E-state index contributed by atoms with van der Waals surface area (Å²) in [6, 6.07) is 0. The summed E-state index contributed by atoms with van der Waals surface area (Å²) in [5.74, 6) is 5.09. The van der Waals surface area contributed by atoms with E-state index >= 15 is 0 Å². The number of ketones is 1. The second kappa shape index (κ2) is 7.61. The Morgan fingerprint density at radius 1 is 1.10 bits per heavy atom. The highest BCUT2D eigenvalue weighted by Gasteiger charge is 2.33. The fourth-order valence-corrected chi connectivity index (χ4v) is 4.84. The molecule has 0 saturated heterocycles. The molecule has 2 saturated carbocycles. The number of hydrogen-bond acceptors (Lipinski definition) is 1. The fraction of sp³-hybridized carbons (Fsp3) is 0.947. The summed E-state index contributed by atoms with van der Waals surface area (Å²) in [5.41, 5.74) is 0. The summed E-state index contributed by atoms with van der Waals surface area (Å²) in [6.45, 7) is 7.24. The van der Waals surface area contributed by atoms with Crippen molar-refractivity contribution < 1.29 is 4.79 Å². The van der Waals surface area contributed by atoms with E-state index in [0.29, 0.717) is 5.78 Å². The summed E-state index contributed by atoms with van der Waals surface area (Å²) < 4.78 is 0. The molecule has 0 aromatic carbocycles. The van der Waals surface area contributed by atoms with E-state index in [0.717, 1.165) is 42.4 Å². The number of rotatable bonds is 5. The van der Waals surface area contributed by atoms with Crippen molar-refractivity contribution in [1.29, 1.82) is 0 Å². The van der Waals surface area contributed by atoms with Crippen molar-refractivity contribution in [2.45, 2.75) is 85.0 Å². The van der Waals surface area contributed by atoms with Crippen molar-refractivity contribution >= 4 is 5.78 Å². The summed E-state index contributed by atoms with van der Waals surface area (Å²) in [6.07, 6.45) is 12.6. The lowest BCUT2D eigenvalue weighted by Gasteiger charge is -2.40. The van der Waals surface area contributed by atoms with Crippen LogP contribution in [0.25, 0.3) is 0 Å². The van der Waals surface area contributed by atoms with Gasteiger partial charge in [-0.25, -0.2) is 0 Å². The van der Waals surface area contributed by atoms with Gasteiger partial charge in [0.05, 0.1) is 0 Å². The largest absolute Gasteiger partial charge is 0.300 e. The molecule has 4 unspecified atom stereocenters. The predicted molar refractivity (Wildman–Crippen MR) is 85.6 cm³/mol. The van der Waals surface area contributed by atoms with Gasteiger partial charge in [-0.3, -0.25) is 4.79 Å². The summed E-state index contributed by atoms with van der Waals surface area (Å²) in [5, 5.41) is 0. The maximum atomic E-state index is 11.4. The van der Waals surface area contributed by atoms with Gasteiger partial charge in [0.2, 0.25) is 0 Å². The Morgan fingerprint density at radius 2 is 1.80 bits per heavy atom. The Hall–Kier alpha value is -0.330. The van der Waals surface area contributed by atoms with Gasteiger partial charge in [-0.1, -0.05) is 33.6 Å². The highest BCUT2D eigenvalue weighted by molar-refractivity contribution is 5.79. The van der Waals surface area contributed by atoms with Gasteiger partial charge in [0, 0.05) is 12.8 Å². The second-order valence-corrected chi connectivity index (χ2v) is 7.82. The van der Waals surface area contributed by atoms with Gasteiger partial charge in [0.1, 0.15) is 5.78 Å². The van der Waals surface area contributed by atoms with Crippen molar-refractivity contribution in [3.05, 3.63) is 0 Å². The first-order valence-electron chi connectivity index (χ1n) is 9.11. The highest BCUT2D eigenvalue weighted by Crippen LogP contribution is 2.43. The molecule has 0 N–H and O–H groups in total. The van der Waals surface area contributed by atoms with Gasteiger partial charge < -0.3 is 0 Å². The molecule has 1 heteroatoms. The standard InChI is InChI=1S/C19H34O/c1-4-5-14(2)12-17-6-7-18(13-15(17)3)16-8-10-19(20)11-9-16/h14-18H,4-13H2,1-3H3. The Kier molecular flexibility index (Phi) is 6.11. The SMILES string of the molecule is CCCC(C)CC1CCC(C2CCC(=O)CC2)CC1C. The van der Waals surface area contributed by atoms with Gasteiger partial charge in [0.15, 0.2) is 0 Å². The van der Waals surface area contributed by atoms with E-state index in [4.69, 9.17) is 0 Å². The van der Waals surface area contributed by atoms with Crippen LogP contribution < -0.4 is 0 Å². The van der Waals surface area contributed by atoms with Crippen molar-refractivity contribution in [1.82, 2.24) is 0 Å². The molecule has 0 radical (unpaired) electrons. The van der Waals surface area contributed by atoms with Gasteiger partial charge in [-0.15, -0.1) is 0 Å². The molecule has 2 fully saturated rings. The molecule has 1 nitrogen and oxygen atoms in total. The Balaban J connectivity index is 1.78. The van der Waals surface area contributed by atoms with Gasteiger partial charge >= 0.3 is 0 Å². The minimum atomic E-state index is 0.511. The van der Waals surface area contributed by atoms with E-state index in [1.807, 2.05) is 0 Å².